The summed E-state index contributed by atoms with van der Waals surface area (Å²) in [7, 11) is 0. The molecule has 164 valence electrons. The van der Waals surface area contributed by atoms with Crippen molar-refractivity contribution in [2.24, 2.45) is 17.3 Å². The normalized spacial score (nSPS) is 22.6. The average molecular weight is 475 g/mol. The molecule has 1 aromatic rings. The maximum Gasteiger partial charge on any atom is 0.573 e. The van der Waals surface area contributed by atoms with Crippen molar-refractivity contribution in [2.45, 2.75) is 38.7 Å². The van der Waals surface area contributed by atoms with Crippen molar-refractivity contribution in [1.82, 2.24) is 0 Å². The summed E-state index contributed by atoms with van der Waals surface area (Å²) in [6.45, 7) is 3.12. The summed E-state index contributed by atoms with van der Waals surface area (Å²) < 4.78 is 118. The SMILES string of the molecule is CC1(C)C(C=C(Cl)C(F)(F)C(F)(F)F)C1Cc1cc(Cl)c(F)c(OC(F)(F)F)c1. The molecule has 12 heteroatoms. The number of hydrogen-bond acceptors (Lipinski definition) is 1. The largest absolute Gasteiger partial charge is 0.573 e. The first-order valence-corrected chi connectivity index (χ1v) is 8.69. The topological polar surface area (TPSA) is 9.23 Å². The zero-order valence-corrected chi connectivity index (χ0v) is 16.2. The molecule has 1 saturated carbocycles. The summed E-state index contributed by atoms with van der Waals surface area (Å²) in [5.74, 6) is -9.22. The Morgan fingerprint density at radius 3 is 2.14 bits per heavy atom. The Bertz CT molecular complexity index is 812. The van der Waals surface area contributed by atoms with Gasteiger partial charge in [-0.25, -0.2) is 4.39 Å². The molecule has 0 amide bonds. The fraction of sp³-hybridized carbons (Fsp3) is 0.529. The van der Waals surface area contributed by atoms with E-state index in [2.05, 4.69) is 4.74 Å². The molecule has 1 aliphatic rings. The zero-order chi connectivity index (χ0) is 22.6. The van der Waals surface area contributed by atoms with Crippen LogP contribution in [0.2, 0.25) is 5.02 Å². The molecule has 0 saturated heterocycles. The highest BCUT2D eigenvalue weighted by molar-refractivity contribution is 6.31. The molecule has 0 bridgehead atoms. The van der Waals surface area contributed by atoms with Crippen molar-refractivity contribution >= 4 is 23.2 Å². The third kappa shape index (κ3) is 5.07. The van der Waals surface area contributed by atoms with Gasteiger partial charge in [-0.05, 0) is 41.4 Å². The van der Waals surface area contributed by atoms with Gasteiger partial charge in [-0.1, -0.05) is 43.1 Å². The molecule has 1 fully saturated rings. The van der Waals surface area contributed by atoms with Crippen LogP contribution < -0.4 is 4.74 Å². The minimum Gasteiger partial charge on any atom is -0.403 e. The van der Waals surface area contributed by atoms with E-state index < -0.39 is 57.3 Å². The van der Waals surface area contributed by atoms with E-state index in [1.807, 2.05) is 0 Å². The molecule has 29 heavy (non-hydrogen) atoms. The van der Waals surface area contributed by atoms with Crippen LogP contribution in [0.1, 0.15) is 19.4 Å². The Morgan fingerprint density at radius 1 is 1.10 bits per heavy atom. The highest BCUT2D eigenvalue weighted by Crippen LogP contribution is 2.61. The molecule has 1 nitrogen and oxygen atoms in total. The van der Waals surface area contributed by atoms with Crippen molar-refractivity contribution in [3.63, 3.8) is 0 Å². The van der Waals surface area contributed by atoms with Crippen LogP contribution in [0.3, 0.4) is 0 Å². The fourth-order valence-electron chi connectivity index (χ4n) is 3.09. The van der Waals surface area contributed by atoms with Crippen molar-refractivity contribution in [3.05, 3.63) is 39.6 Å². The minimum atomic E-state index is -5.87. The number of halogens is 11. The number of allylic oxidation sites excluding steroid dienone is 2. The third-order valence-electron chi connectivity index (χ3n) is 4.86. The summed E-state index contributed by atoms with van der Waals surface area (Å²) in [5, 5.41) is -2.35. The van der Waals surface area contributed by atoms with Crippen LogP contribution in [0.4, 0.5) is 39.5 Å². The predicted molar refractivity (Wildman–Crippen MR) is 87.5 cm³/mol. The maximum atomic E-state index is 13.7. The van der Waals surface area contributed by atoms with Crippen molar-refractivity contribution in [2.75, 3.05) is 0 Å². The number of rotatable bonds is 5. The van der Waals surface area contributed by atoms with Gasteiger partial charge in [0.25, 0.3) is 0 Å². The molecule has 1 aliphatic carbocycles. The van der Waals surface area contributed by atoms with Crippen LogP contribution in [0.5, 0.6) is 5.75 Å². The lowest BCUT2D eigenvalue weighted by Crippen LogP contribution is -2.36. The highest BCUT2D eigenvalue weighted by Gasteiger charge is 2.62. The Hall–Kier alpha value is -1.29. The van der Waals surface area contributed by atoms with Crippen LogP contribution in [-0.4, -0.2) is 18.5 Å². The third-order valence-corrected chi connectivity index (χ3v) is 5.50. The molecule has 0 spiro atoms. The Kier molecular flexibility index (Phi) is 6.15. The predicted octanol–water partition coefficient (Wildman–Crippen LogP) is 7.51. The zero-order valence-electron chi connectivity index (χ0n) is 14.7. The van der Waals surface area contributed by atoms with E-state index in [0.29, 0.717) is 6.08 Å². The molecule has 1 aromatic carbocycles. The van der Waals surface area contributed by atoms with Gasteiger partial charge >= 0.3 is 18.5 Å². The monoisotopic (exact) mass is 474 g/mol. The number of ether oxygens (including phenoxy) is 1. The van der Waals surface area contributed by atoms with Gasteiger partial charge in [0.05, 0.1) is 10.1 Å². The number of hydrogen-bond donors (Lipinski definition) is 0. The summed E-state index contributed by atoms with van der Waals surface area (Å²) >= 11 is 10.8. The smallest absolute Gasteiger partial charge is 0.403 e. The molecule has 2 unspecified atom stereocenters. The van der Waals surface area contributed by atoms with Gasteiger partial charge in [0.15, 0.2) is 11.6 Å². The van der Waals surface area contributed by atoms with E-state index >= 15 is 0 Å². The second-order valence-electron chi connectivity index (χ2n) is 7.18. The minimum absolute atomic E-state index is 0.0792. The van der Waals surface area contributed by atoms with E-state index in [-0.39, 0.29) is 12.0 Å². The molecule has 0 aliphatic heterocycles. The lowest BCUT2D eigenvalue weighted by Gasteiger charge is -2.18. The molecular weight excluding hydrogens is 462 g/mol. The Labute approximate surface area is 169 Å². The van der Waals surface area contributed by atoms with Gasteiger partial charge in [-0.3, -0.25) is 0 Å². The van der Waals surface area contributed by atoms with E-state index in [9.17, 15) is 39.5 Å². The molecule has 2 atom stereocenters. The molecule has 0 radical (unpaired) electrons. The van der Waals surface area contributed by atoms with E-state index in [1.165, 1.54) is 0 Å². The summed E-state index contributed by atoms with van der Waals surface area (Å²) in [4.78, 5) is 0. The first kappa shape index (κ1) is 24.0. The summed E-state index contributed by atoms with van der Waals surface area (Å²) in [6, 6.07) is 1.77. The average Bonchev–Trinajstić information content (AvgIpc) is 3.01. The second-order valence-corrected chi connectivity index (χ2v) is 8.00. The van der Waals surface area contributed by atoms with Crippen molar-refractivity contribution < 1.29 is 44.3 Å². The first-order chi connectivity index (χ1) is 12.9. The van der Waals surface area contributed by atoms with Crippen LogP contribution in [0, 0.1) is 23.1 Å². The van der Waals surface area contributed by atoms with E-state index in [0.717, 1.165) is 12.1 Å². The summed E-state index contributed by atoms with van der Waals surface area (Å²) in [5.41, 5.74) is -0.698. The lowest BCUT2D eigenvalue weighted by molar-refractivity contribution is -0.275. The standard InChI is InChI=1S/C17H13Cl2F9O/c1-14(2)8(9(14)6-12(19)15(21,22)16(23,24)25)3-7-4-10(18)13(20)11(5-7)29-17(26,27)28/h4-6,8-9H,3H2,1-2H3. The van der Waals surface area contributed by atoms with Gasteiger partial charge < -0.3 is 4.74 Å². The van der Waals surface area contributed by atoms with Gasteiger partial charge in [0.1, 0.15) is 0 Å². The summed E-state index contributed by atoms with van der Waals surface area (Å²) in [6.07, 6.45) is -10.5. The van der Waals surface area contributed by atoms with Crippen molar-refractivity contribution in [1.29, 1.82) is 0 Å². The molecule has 0 heterocycles. The molecular formula is C17H13Cl2F9O. The maximum absolute atomic E-state index is 13.7. The number of alkyl halides is 8. The first-order valence-electron chi connectivity index (χ1n) is 7.94. The van der Waals surface area contributed by atoms with Crippen LogP contribution in [-0.2, 0) is 6.42 Å². The Morgan fingerprint density at radius 2 is 1.66 bits per heavy atom. The molecule has 0 N–H and O–H groups in total. The van der Waals surface area contributed by atoms with E-state index in [1.54, 1.807) is 13.8 Å². The van der Waals surface area contributed by atoms with Gasteiger partial charge in [0.2, 0.25) is 0 Å². The highest BCUT2D eigenvalue weighted by atomic mass is 35.5. The van der Waals surface area contributed by atoms with Gasteiger partial charge in [-0.15, -0.1) is 13.2 Å². The van der Waals surface area contributed by atoms with Crippen LogP contribution in [0.15, 0.2) is 23.2 Å². The Balaban J connectivity index is 2.26. The quantitative estimate of drug-likeness (QED) is 0.401. The van der Waals surface area contributed by atoms with Crippen LogP contribution >= 0.6 is 23.2 Å². The fourth-order valence-corrected chi connectivity index (χ4v) is 3.57. The molecule has 2 rings (SSSR count). The van der Waals surface area contributed by atoms with E-state index in [4.69, 9.17) is 23.2 Å². The van der Waals surface area contributed by atoms with Crippen molar-refractivity contribution in [3.8, 4) is 5.75 Å². The van der Waals surface area contributed by atoms with Crippen LogP contribution in [0.25, 0.3) is 0 Å². The molecule has 0 aromatic heterocycles. The second kappa shape index (κ2) is 7.44. The lowest BCUT2D eigenvalue weighted by atomic mass is 10.0. The van der Waals surface area contributed by atoms with Gasteiger partial charge in [-0.2, -0.15) is 22.0 Å². The van der Waals surface area contributed by atoms with Gasteiger partial charge in [0, 0.05) is 0 Å². The number of benzene rings is 1.